The Labute approximate surface area is 120 Å². The average molecular weight is 330 g/mol. The highest BCUT2D eigenvalue weighted by Crippen LogP contribution is 2.36. The summed E-state index contributed by atoms with van der Waals surface area (Å²) in [5.74, 6) is 2.53. The molecule has 2 nitrogen and oxygen atoms in total. The standard InChI is InChI=1S/C14H14BrClO2/c1-8-6-11(9(2)18-8)14(16)10-4-5-13(17-3)12(15)7-10/h4-7,14H,1-3H3. The van der Waals surface area contributed by atoms with Gasteiger partial charge in [0.1, 0.15) is 17.3 Å². The number of furan rings is 1. The molecular formula is C14H14BrClO2. The molecule has 2 rings (SSSR count). The number of aryl methyl sites for hydroxylation is 2. The van der Waals surface area contributed by atoms with E-state index in [1.807, 2.05) is 38.1 Å². The van der Waals surface area contributed by atoms with Crippen molar-refractivity contribution in [2.45, 2.75) is 19.2 Å². The van der Waals surface area contributed by atoms with E-state index in [-0.39, 0.29) is 5.38 Å². The molecule has 0 radical (unpaired) electrons. The number of rotatable bonds is 3. The van der Waals surface area contributed by atoms with E-state index in [0.29, 0.717) is 0 Å². The molecule has 0 spiro atoms. The van der Waals surface area contributed by atoms with Gasteiger partial charge in [0.05, 0.1) is 17.0 Å². The summed E-state index contributed by atoms with van der Waals surface area (Å²) in [6, 6.07) is 7.81. The SMILES string of the molecule is COc1ccc(C(Cl)c2cc(C)oc2C)cc1Br. The van der Waals surface area contributed by atoms with Gasteiger partial charge in [0, 0.05) is 5.56 Å². The van der Waals surface area contributed by atoms with E-state index in [1.54, 1.807) is 7.11 Å². The molecule has 2 aromatic rings. The number of halogens is 2. The van der Waals surface area contributed by atoms with Crippen molar-refractivity contribution in [2.75, 3.05) is 7.11 Å². The normalized spacial score (nSPS) is 12.5. The van der Waals surface area contributed by atoms with Crippen molar-refractivity contribution in [1.82, 2.24) is 0 Å². The number of benzene rings is 1. The fourth-order valence-corrected chi connectivity index (χ4v) is 2.83. The summed E-state index contributed by atoms with van der Waals surface area (Å²) in [5, 5.41) is -0.218. The monoisotopic (exact) mass is 328 g/mol. The first kappa shape index (κ1) is 13.5. The smallest absolute Gasteiger partial charge is 0.133 e. The van der Waals surface area contributed by atoms with Crippen molar-refractivity contribution < 1.29 is 9.15 Å². The summed E-state index contributed by atoms with van der Waals surface area (Å²) in [6.07, 6.45) is 0. The third kappa shape index (κ3) is 2.57. The lowest BCUT2D eigenvalue weighted by molar-refractivity contribution is 0.412. The summed E-state index contributed by atoms with van der Waals surface area (Å²) in [6.45, 7) is 3.85. The minimum absolute atomic E-state index is 0.218. The summed E-state index contributed by atoms with van der Waals surface area (Å²) in [7, 11) is 1.64. The van der Waals surface area contributed by atoms with Crippen LogP contribution in [0.3, 0.4) is 0 Å². The highest BCUT2D eigenvalue weighted by Gasteiger charge is 2.17. The van der Waals surface area contributed by atoms with Crippen LogP contribution in [0.25, 0.3) is 0 Å². The lowest BCUT2D eigenvalue weighted by atomic mass is 10.0. The molecule has 0 aliphatic rings. The van der Waals surface area contributed by atoms with E-state index in [4.69, 9.17) is 20.8 Å². The molecule has 1 aromatic heterocycles. The summed E-state index contributed by atoms with van der Waals surface area (Å²) in [5.41, 5.74) is 2.01. The van der Waals surface area contributed by atoms with Gasteiger partial charge >= 0.3 is 0 Å². The lowest BCUT2D eigenvalue weighted by Crippen LogP contribution is -1.94. The van der Waals surface area contributed by atoms with E-state index in [9.17, 15) is 0 Å². The first-order valence-electron chi connectivity index (χ1n) is 5.57. The minimum Gasteiger partial charge on any atom is -0.496 e. The van der Waals surface area contributed by atoms with Crippen LogP contribution < -0.4 is 4.74 Å². The summed E-state index contributed by atoms with van der Waals surface area (Å²) >= 11 is 9.96. The predicted molar refractivity (Wildman–Crippen MR) is 76.6 cm³/mol. The molecule has 0 amide bonds. The Morgan fingerprint density at radius 2 is 2.00 bits per heavy atom. The topological polar surface area (TPSA) is 22.4 Å². The Morgan fingerprint density at radius 3 is 2.50 bits per heavy atom. The van der Waals surface area contributed by atoms with Crippen molar-refractivity contribution in [3.05, 3.63) is 51.4 Å². The number of hydrogen-bond acceptors (Lipinski definition) is 2. The number of alkyl halides is 1. The van der Waals surface area contributed by atoms with Crippen molar-refractivity contribution in [3.63, 3.8) is 0 Å². The van der Waals surface area contributed by atoms with Crippen LogP contribution in [0.15, 0.2) is 33.2 Å². The van der Waals surface area contributed by atoms with E-state index in [1.165, 1.54) is 0 Å². The third-order valence-corrected chi connectivity index (χ3v) is 3.93. The van der Waals surface area contributed by atoms with Gasteiger partial charge in [0.15, 0.2) is 0 Å². The molecule has 1 aromatic carbocycles. The van der Waals surface area contributed by atoms with E-state index in [0.717, 1.165) is 32.9 Å². The van der Waals surface area contributed by atoms with Crippen molar-refractivity contribution in [2.24, 2.45) is 0 Å². The maximum atomic E-state index is 6.50. The molecule has 96 valence electrons. The van der Waals surface area contributed by atoms with Crippen molar-refractivity contribution >= 4 is 27.5 Å². The maximum Gasteiger partial charge on any atom is 0.133 e. The molecule has 4 heteroatoms. The highest BCUT2D eigenvalue weighted by molar-refractivity contribution is 9.10. The largest absolute Gasteiger partial charge is 0.496 e. The van der Waals surface area contributed by atoms with Crippen LogP contribution >= 0.6 is 27.5 Å². The van der Waals surface area contributed by atoms with Gasteiger partial charge in [0.2, 0.25) is 0 Å². The summed E-state index contributed by atoms with van der Waals surface area (Å²) < 4.78 is 11.6. The predicted octanol–water partition coefficient (Wildman–Crippen LogP) is 5.00. The fraction of sp³-hybridized carbons (Fsp3) is 0.286. The van der Waals surface area contributed by atoms with Crippen molar-refractivity contribution in [1.29, 1.82) is 0 Å². The van der Waals surface area contributed by atoms with Crippen LogP contribution in [-0.4, -0.2) is 7.11 Å². The van der Waals surface area contributed by atoms with Gasteiger partial charge in [-0.2, -0.15) is 0 Å². The quantitative estimate of drug-likeness (QED) is 0.740. The Morgan fingerprint density at radius 1 is 1.28 bits per heavy atom. The molecule has 1 unspecified atom stereocenters. The van der Waals surface area contributed by atoms with Gasteiger partial charge in [-0.25, -0.2) is 0 Å². The molecular weight excluding hydrogens is 316 g/mol. The van der Waals surface area contributed by atoms with Crippen LogP contribution in [0.4, 0.5) is 0 Å². The molecule has 0 aliphatic heterocycles. The van der Waals surface area contributed by atoms with Crippen LogP contribution in [0, 0.1) is 13.8 Å². The summed E-state index contributed by atoms with van der Waals surface area (Å²) in [4.78, 5) is 0. The van der Waals surface area contributed by atoms with Gasteiger partial charge < -0.3 is 9.15 Å². The number of methoxy groups -OCH3 is 1. The zero-order valence-corrected chi connectivity index (χ0v) is 12.8. The Balaban J connectivity index is 2.37. The maximum absolute atomic E-state index is 6.50. The number of hydrogen-bond donors (Lipinski definition) is 0. The number of ether oxygens (including phenoxy) is 1. The van der Waals surface area contributed by atoms with Crippen LogP contribution in [-0.2, 0) is 0 Å². The molecule has 18 heavy (non-hydrogen) atoms. The van der Waals surface area contributed by atoms with Gasteiger partial charge in [-0.15, -0.1) is 11.6 Å². The first-order valence-corrected chi connectivity index (χ1v) is 6.80. The Bertz CT molecular complexity index is 563. The average Bonchev–Trinajstić information content (AvgIpc) is 2.67. The second kappa shape index (κ2) is 5.37. The van der Waals surface area contributed by atoms with E-state index in [2.05, 4.69) is 15.9 Å². The molecule has 0 saturated carbocycles. The minimum atomic E-state index is -0.218. The Kier molecular flexibility index (Phi) is 4.03. The highest BCUT2D eigenvalue weighted by atomic mass is 79.9. The van der Waals surface area contributed by atoms with Gasteiger partial charge in [-0.1, -0.05) is 6.07 Å². The van der Waals surface area contributed by atoms with Crippen molar-refractivity contribution in [3.8, 4) is 5.75 Å². The lowest BCUT2D eigenvalue weighted by Gasteiger charge is -2.11. The first-order chi connectivity index (χ1) is 8.52. The molecule has 0 bridgehead atoms. The van der Waals surface area contributed by atoms with Crippen LogP contribution in [0.1, 0.15) is 28.0 Å². The van der Waals surface area contributed by atoms with Crippen LogP contribution in [0.2, 0.25) is 0 Å². The van der Waals surface area contributed by atoms with E-state index < -0.39 is 0 Å². The molecule has 0 fully saturated rings. The third-order valence-electron chi connectivity index (χ3n) is 2.82. The molecule has 1 heterocycles. The zero-order valence-electron chi connectivity index (χ0n) is 10.5. The van der Waals surface area contributed by atoms with E-state index >= 15 is 0 Å². The van der Waals surface area contributed by atoms with Gasteiger partial charge in [-0.05, 0) is 53.5 Å². The second-order valence-electron chi connectivity index (χ2n) is 4.13. The zero-order chi connectivity index (χ0) is 13.3. The van der Waals surface area contributed by atoms with Gasteiger partial charge in [0.25, 0.3) is 0 Å². The molecule has 1 atom stereocenters. The fourth-order valence-electron chi connectivity index (χ4n) is 1.92. The Hall–Kier alpha value is -0.930. The second-order valence-corrected chi connectivity index (χ2v) is 5.42. The molecule has 0 aliphatic carbocycles. The molecule has 0 N–H and O–H groups in total. The van der Waals surface area contributed by atoms with Gasteiger partial charge in [-0.3, -0.25) is 0 Å². The van der Waals surface area contributed by atoms with Crippen LogP contribution in [0.5, 0.6) is 5.75 Å². The molecule has 0 saturated heterocycles.